The van der Waals surface area contributed by atoms with Crippen molar-refractivity contribution in [1.82, 2.24) is 5.32 Å². The van der Waals surface area contributed by atoms with E-state index in [1.807, 2.05) is 17.5 Å². The molecule has 2 aromatic rings. The highest BCUT2D eigenvalue weighted by atomic mass is 32.1. The summed E-state index contributed by atoms with van der Waals surface area (Å²) < 4.78 is 13.6. The number of nitro benzene ring substituents is 1. The lowest BCUT2D eigenvalue weighted by Gasteiger charge is -2.13. The van der Waals surface area contributed by atoms with E-state index >= 15 is 0 Å². The second-order valence-corrected chi connectivity index (χ2v) is 5.61. The van der Waals surface area contributed by atoms with Gasteiger partial charge >= 0.3 is 0 Å². The minimum atomic E-state index is -0.776. The van der Waals surface area contributed by atoms with Crippen LogP contribution in [0.25, 0.3) is 0 Å². The number of nitrogens with zero attached hydrogens (tertiary/aromatic N) is 1. The second kappa shape index (κ2) is 6.45. The van der Waals surface area contributed by atoms with E-state index < -0.39 is 16.6 Å². The molecule has 0 radical (unpaired) electrons. The third-order valence-corrected chi connectivity index (χ3v) is 3.77. The van der Waals surface area contributed by atoms with Gasteiger partial charge in [0.05, 0.1) is 10.5 Å². The first-order valence-electron chi connectivity index (χ1n) is 6.24. The quantitative estimate of drug-likeness (QED) is 0.681. The zero-order valence-corrected chi connectivity index (χ0v) is 12.0. The first kappa shape index (κ1) is 15.1. The number of non-ortho nitro benzene ring substituents is 1. The molecular weight excluding hydrogens is 295 g/mol. The van der Waals surface area contributed by atoms with Gasteiger partial charge in [-0.3, -0.25) is 14.9 Å². The summed E-state index contributed by atoms with van der Waals surface area (Å²) in [7, 11) is 0. The summed E-state index contributed by atoms with van der Waals surface area (Å²) in [6, 6.07) is 6.56. The van der Waals surface area contributed by atoms with Crippen molar-refractivity contribution in [2.75, 3.05) is 0 Å². The molecule has 0 saturated carbocycles. The van der Waals surface area contributed by atoms with E-state index in [0.717, 1.165) is 23.1 Å². The van der Waals surface area contributed by atoms with Gasteiger partial charge in [-0.25, -0.2) is 4.39 Å². The zero-order valence-electron chi connectivity index (χ0n) is 11.2. The van der Waals surface area contributed by atoms with Crippen molar-refractivity contribution in [2.24, 2.45) is 0 Å². The fraction of sp³-hybridized carbons (Fsp3) is 0.214. The summed E-state index contributed by atoms with van der Waals surface area (Å²) in [5.74, 6) is -1.43. The Labute approximate surface area is 124 Å². The summed E-state index contributed by atoms with van der Waals surface area (Å²) in [6.07, 6.45) is 0.625. The van der Waals surface area contributed by atoms with Crippen LogP contribution in [0.15, 0.2) is 35.7 Å². The molecule has 1 heterocycles. The maximum absolute atomic E-state index is 13.6. The Bertz CT molecular complexity index is 658. The second-order valence-electron chi connectivity index (χ2n) is 4.58. The van der Waals surface area contributed by atoms with Gasteiger partial charge in [0.2, 0.25) is 0 Å². The van der Waals surface area contributed by atoms with Crippen LogP contribution in [0.3, 0.4) is 0 Å². The Kier molecular flexibility index (Phi) is 4.64. The number of carbonyl (C=O) groups excluding carboxylic acids is 1. The summed E-state index contributed by atoms with van der Waals surface area (Å²) in [4.78, 5) is 23.1. The van der Waals surface area contributed by atoms with Crippen LogP contribution in [0, 0.1) is 15.9 Å². The van der Waals surface area contributed by atoms with Crippen LogP contribution >= 0.6 is 11.3 Å². The van der Waals surface area contributed by atoms with Crippen molar-refractivity contribution in [1.29, 1.82) is 0 Å². The smallest absolute Gasteiger partial charge is 0.270 e. The van der Waals surface area contributed by atoms with E-state index in [9.17, 15) is 19.3 Å². The van der Waals surface area contributed by atoms with Crippen LogP contribution in [-0.4, -0.2) is 16.9 Å². The van der Waals surface area contributed by atoms with Gasteiger partial charge in [0, 0.05) is 29.5 Å². The first-order chi connectivity index (χ1) is 9.97. The summed E-state index contributed by atoms with van der Waals surface area (Å²) in [5, 5.41) is 15.3. The van der Waals surface area contributed by atoms with E-state index in [1.165, 1.54) is 0 Å². The van der Waals surface area contributed by atoms with Gasteiger partial charge in [-0.2, -0.15) is 0 Å². The Morgan fingerprint density at radius 1 is 1.48 bits per heavy atom. The third kappa shape index (κ3) is 3.85. The summed E-state index contributed by atoms with van der Waals surface area (Å²) in [5.41, 5.74) is -0.630. The van der Waals surface area contributed by atoms with Crippen LogP contribution in [0.5, 0.6) is 0 Å². The maximum Gasteiger partial charge on any atom is 0.270 e. The molecule has 1 atom stereocenters. The first-order valence-corrected chi connectivity index (χ1v) is 7.12. The van der Waals surface area contributed by atoms with Gasteiger partial charge in [0.1, 0.15) is 5.82 Å². The molecule has 0 fully saturated rings. The molecule has 110 valence electrons. The fourth-order valence-electron chi connectivity index (χ4n) is 1.88. The van der Waals surface area contributed by atoms with Gasteiger partial charge in [0.25, 0.3) is 11.6 Å². The molecule has 0 spiro atoms. The lowest BCUT2D eigenvalue weighted by Crippen LogP contribution is -2.34. The number of carbonyl (C=O) groups is 1. The predicted molar refractivity (Wildman–Crippen MR) is 78.0 cm³/mol. The summed E-state index contributed by atoms with van der Waals surface area (Å²) >= 11 is 1.57. The molecule has 0 bridgehead atoms. The normalized spacial score (nSPS) is 11.9. The maximum atomic E-state index is 13.6. The Balaban J connectivity index is 2.09. The highest BCUT2D eigenvalue weighted by molar-refractivity contribution is 7.09. The lowest BCUT2D eigenvalue weighted by molar-refractivity contribution is -0.384. The average molecular weight is 308 g/mol. The highest BCUT2D eigenvalue weighted by Crippen LogP contribution is 2.17. The minimum Gasteiger partial charge on any atom is -0.349 e. The number of nitro groups is 1. The molecule has 21 heavy (non-hydrogen) atoms. The molecule has 1 unspecified atom stereocenters. The molecular formula is C14H13FN2O3S. The standard InChI is InChI=1S/C14H13FN2O3S/c1-9(7-11-3-2-6-21-11)16-14(18)12-8-10(17(19)20)4-5-13(12)15/h2-6,8-9H,7H2,1H3,(H,16,18). The van der Waals surface area contributed by atoms with E-state index in [4.69, 9.17) is 0 Å². The van der Waals surface area contributed by atoms with Crippen LogP contribution in [0.1, 0.15) is 22.2 Å². The van der Waals surface area contributed by atoms with Crippen molar-refractivity contribution >= 4 is 22.9 Å². The van der Waals surface area contributed by atoms with Gasteiger partial charge in [0.15, 0.2) is 0 Å². The molecule has 0 aliphatic rings. The fourth-order valence-corrected chi connectivity index (χ4v) is 2.72. The van der Waals surface area contributed by atoms with Crippen LogP contribution in [0.4, 0.5) is 10.1 Å². The van der Waals surface area contributed by atoms with E-state index in [0.29, 0.717) is 6.42 Å². The van der Waals surface area contributed by atoms with Gasteiger partial charge in [-0.15, -0.1) is 11.3 Å². The number of thiophene rings is 1. The highest BCUT2D eigenvalue weighted by Gasteiger charge is 2.18. The van der Waals surface area contributed by atoms with E-state index in [2.05, 4.69) is 5.32 Å². The molecule has 1 N–H and O–H groups in total. The lowest BCUT2D eigenvalue weighted by atomic mass is 10.1. The monoisotopic (exact) mass is 308 g/mol. The Morgan fingerprint density at radius 2 is 2.24 bits per heavy atom. The number of hydrogen-bond donors (Lipinski definition) is 1. The number of nitrogens with one attached hydrogen (secondary N) is 1. The van der Waals surface area contributed by atoms with Crippen molar-refractivity contribution in [2.45, 2.75) is 19.4 Å². The number of hydrogen-bond acceptors (Lipinski definition) is 4. The van der Waals surface area contributed by atoms with Crippen molar-refractivity contribution in [3.8, 4) is 0 Å². The van der Waals surface area contributed by atoms with Crippen LogP contribution in [0.2, 0.25) is 0 Å². The van der Waals surface area contributed by atoms with Crippen LogP contribution in [-0.2, 0) is 6.42 Å². The van der Waals surface area contributed by atoms with Crippen molar-refractivity contribution < 1.29 is 14.1 Å². The van der Waals surface area contributed by atoms with Crippen LogP contribution < -0.4 is 5.32 Å². The third-order valence-electron chi connectivity index (χ3n) is 2.87. The molecule has 5 nitrogen and oxygen atoms in total. The molecule has 0 saturated heterocycles. The molecule has 2 rings (SSSR count). The minimum absolute atomic E-state index is 0.199. The van der Waals surface area contributed by atoms with E-state index in [1.54, 1.807) is 18.3 Å². The van der Waals surface area contributed by atoms with Gasteiger partial charge in [-0.05, 0) is 24.4 Å². The largest absolute Gasteiger partial charge is 0.349 e. The van der Waals surface area contributed by atoms with Crippen molar-refractivity contribution in [3.63, 3.8) is 0 Å². The predicted octanol–water partition coefficient (Wildman–Crippen LogP) is 3.16. The van der Waals surface area contributed by atoms with E-state index in [-0.39, 0.29) is 17.3 Å². The number of benzene rings is 1. The zero-order chi connectivity index (χ0) is 15.4. The molecule has 0 aliphatic carbocycles. The molecule has 1 aromatic carbocycles. The Hall–Kier alpha value is -2.28. The molecule has 0 aliphatic heterocycles. The number of rotatable bonds is 5. The average Bonchev–Trinajstić information content (AvgIpc) is 2.91. The topological polar surface area (TPSA) is 72.2 Å². The van der Waals surface area contributed by atoms with Crippen molar-refractivity contribution in [3.05, 3.63) is 62.1 Å². The van der Waals surface area contributed by atoms with Gasteiger partial charge in [-0.1, -0.05) is 6.07 Å². The SMILES string of the molecule is CC(Cc1cccs1)NC(=O)c1cc([N+](=O)[O-])ccc1F. The summed E-state index contributed by atoms with van der Waals surface area (Å²) in [6.45, 7) is 1.80. The molecule has 1 amide bonds. The molecule has 7 heteroatoms. The van der Waals surface area contributed by atoms with Gasteiger partial charge < -0.3 is 5.32 Å². The molecule has 1 aromatic heterocycles. The number of amides is 1. The Morgan fingerprint density at radius 3 is 2.86 bits per heavy atom. The number of halogens is 1.